The largest absolute Gasteiger partial charge is 0.335 e. The molecule has 0 bridgehead atoms. The number of hydrogen-bond donors (Lipinski definition) is 0. The summed E-state index contributed by atoms with van der Waals surface area (Å²) in [6.07, 6.45) is 11.2. The van der Waals surface area contributed by atoms with E-state index < -0.39 is 4.84 Å². The van der Waals surface area contributed by atoms with Crippen LogP contribution in [-0.4, -0.2) is 22.4 Å². The molecule has 0 aromatic carbocycles. The Balaban J connectivity index is 3.50. The van der Waals surface area contributed by atoms with Gasteiger partial charge in [0.15, 0.2) is 0 Å². The van der Waals surface area contributed by atoms with Crippen molar-refractivity contribution in [2.24, 2.45) is 5.16 Å². The van der Waals surface area contributed by atoms with Crippen molar-refractivity contribution in [1.29, 1.82) is 0 Å². The Kier molecular flexibility index (Phi) is 14.9. The van der Waals surface area contributed by atoms with E-state index in [1.807, 2.05) is 0 Å². The fourth-order valence-electron chi connectivity index (χ4n) is 1.86. The average Bonchev–Trinajstić information content (AvgIpc) is 2.45. The second-order valence-corrected chi connectivity index (χ2v) is 6.42. The van der Waals surface area contributed by atoms with Crippen molar-refractivity contribution in [3.8, 4) is 0 Å². The fourth-order valence-corrected chi connectivity index (χ4v) is 2.45. The number of rotatable bonds is 13. The lowest BCUT2D eigenvalue weighted by Crippen LogP contribution is -2.12. The summed E-state index contributed by atoms with van der Waals surface area (Å²) in [4.78, 5) is 15.3. The molecule has 3 nitrogen and oxygen atoms in total. The van der Waals surface area contributed by atoms with Crippen LogP contribution in [-0.2, 0) is 9.63 Å². The van der Waals surface area contributed by atoms with E-state index in [4.69, 9.17) is 39.6 Å². The molecule has 21 heavy (non-hydrogen) atoms. The van der Waals surface area contributed by atoms with Crippen molar-refractivity contribution < 1.29 is 9.63 Å². The van der Waals surface area contributed by atoms with Gasteiger partial charge in [-0.15, -0.1) is 11.6 Å². The summed E-state index contributed by atoms with van der Waals surface area (Å²) in [6, 6.07) is 0. The van der Waals surface area contributed by atoms with Gasteiger partial charge in [-0.2, -0.15) is 0 Å². The average molecular weight is 359 g/mol. The molecule has 0 aliphatic rings. The van der Waals surface area contributed by atoms with Crippen LogP contribution in [0.1, 0.15) is 71.1 Å². The first kappa shape index (κ1) is 21.0. The molecule has 0 aromatic rings. The second-order valence-electron chi connectivity index (χ2n) is 5.06. The number of unbranched alkanes of at least 4 members (excludes halogenated alkanes) is 8. The van der Waals surface area contributed by atoms with Gasteiger partial charge < -0.3 is 4.84 Å². The lowest BCUT2D eigenvalue weighted by atomic mass is 10.1. The van der Waals surface area contributed by atoms with Gasteiger partial charge in [0.25, 0.3) is 0 Å². The monoisotopic (exact) mass is 357 g/mol. The molecule has 0 N–H and O–H groups in total. The third kappa shape index (κ3) is 13.4. The van der Waals surface area contributed by atoms with E-state index in [2.05, 4.69) is 12.1 Å². The summed E-state index contributed by atoms with van der Waals surface area (Å²) in [7, 11) is 0. The quantitative estimate of drug-likeness (QED) is 0.136. The third-order valence-corrected chi connectivity index (χ3v) is 3.92. The van der Waals surface area contributed by atoms with Gasteiger partial charge in [-0.1, -0.05) is 86.6 Å². The number of oxime groups is 1. The van der Waals surface area contributed by atoms with Gasteiger partial charge in [-0.3, -0.25) is 0 Å². The van der Waals surface area contributed by atoms with Crippen molar-refractivity contribution in [2.45, 2.75) is 76.0 Å². The number of carbonyl (C=O) groups is 1. The maximum Gasteiger partial charge on any atom is 0.335 e. The Morgan fingerprint density at radius 2 is 1.52 bits per heavy atom. The first-order valence-corrected chi connectivity index (χ1v) is 9.13. The predicted octanol–water partition coefficient (Wildman–Crippen LogP) is 5.85. The smallest absolute Gasteiger partial charge is 0.318 e. The highest BCUT2D eigenvalue weighted by molar-refractivity contribution is 6.56. The lowest BCUT2D eigenvalue weighted by molar-refractivity contribution is -0.143. The molecule has 6 heteroatoms. The highest BCUT2D eigenvalue weighted by atomic mass is 35.5. The number of carbonyl (C=O) groups excluding carboxylic acids is 1. The van der Waals surface area contributed by atoms with Crippen LogP contribution in [0.4, 0.5) is 0 Å². The molecule has 0 saturated heterocycles. The predicted molar refractivity (Wildman–Crippen MR) is 91.6 cm³/mol. The van der Waals surface area contributed by atoms with Crippen molar-refractivity contribution in [2.75, 3.05) is 5.88 Å². The lowest BCUT2D eigenvalue weighted by Gasteiger charge is -2.03. The zero-order valence-electron chi connectivity index (χ0n) is 12.8. The Morgan fingerprint density at radius 3 is 2.00 bits per heavy atom. The van der Waals surface area contributed by atoms with Crippen molar-refractivity contribution >= 4 is 46.5 Å². The summed E-state index contributed by atoms with van der Waals surface area (Å²) in [5, 5.41) is 3.57. The first-order chi connectivity index (χ1) is 10.1. The second kappa shape index (κ2) is 14.9. The zero-order valence-corrected chi connectivity index (χ0v) is 15.0. The van der Waals surface area contributed by atoms with Crippen LogP contribution in [0.2, 0.25) is 0 Å². The van der Waals surface area contributed by atoms with Crippen LogP contribution >= 0.6 is 34.8 Å². The maximum atomic E-state index is 11.4. The molecule has 0 saturated carbocycles. The number of hydrogen-bond acceptors (Lipinski definition) is 3. The fraction of sp³-hybridized carbons (Fsp3) is 0.867. The molecule has 124 valence electrons. The molecular formula is C15H26Cl3NO2. The normalized spacial score (nSPS) is 12.0. The van der Waals surface area contributed by atoms with E-state index in [0.29, 0.717) is 6.42 Å². The maximum absolute atomic E-state index is 11.4. The molecule has 0 rings (SSSR count). The topological polar surface area (TPSA) is 38.7 Å². The van der Waals surface area contributed by atoms with Gasteiger partial charge >= 0.3 is 5.97 Å². The Bertz CT molecular complexity index is 297. The molecule has 0 aromatic heterocycles. The van der Waals surface area contributed by atoms with Gasteiger partial charge in [0, 0.05) is 6.42 Å². The van der Waals surface area contributed by atoms with Crippen LogP contribution in [0.15, 0.2) is 5.16 Å². The van der Waals surface area contributed by atoms with Crippen LogP contribution < -0.4 is 0 Å². The third-order valence-electron chi connectivity index (χ3n) is 3.14. The number of halogens is 3. The molecule has 0 atom stereocenters. The van der Waals surface area contributed by atoms with E-state index in [9.17, 15) is 4.79 Å². The van der Waals surface area contributed by atoms with Crippen molar-refractivity contribution in [3.63, 3.8) is 0 Å². The van der Waals surface area contributed by atoms with Crippen molar-refractivity contribution in [3.05, 3.63) is 0 Å². The van der Waals surface area contributed by atoms with Gasteiger partial charge in [-0.25, -0.2) is 4.79 Å². The van der Waals surface area contributed by atoms with Crippen LogP contribution in [0.25, 0.3) is 0 Å². The van der Waals surface area contributed by atoms with Gasteiger partial charge in [0.05, 0.1) is 5.88 Å². The minimum Gasteiger partial charge on any atom is -0.318 e. The van der Waals surface area contributed by atoms with E-state index in [1.54, 1.807) is 0 Å². The Hall–Kier alpha value is 0.01000. The van der Waals surface area contributed by atoms with E-state index >= 15 is 0 Å². The molecule has 0 aliphatic heterocycles. The highest BCUT2D eigenvalue weighted by Gasteiger charge is 2.10. The molecule has 0 amide bonds. The molecule has 0 radical (unpaired) electrons. The summed E-state index contributed by atoms with van der Waals surface area (Å²) < 4.78 is 0. The minimum atomic E-state index is -0.844. The first-order valence-electron chi connectivity index (χ1n) is 7.72. The molecular weight excluding hydrogens is 333 g/mol. The summed E-state index contributed by atoms with van der Waals surface area (Å²) in [5.41, 5.74) is 0.250. The minimum absolute atomic E-state index is 0.0446. The summed E-state index contributed by atoms with van der Waals surface area (Å²) in [5.74, 6) is -0.322. The molecule has 0 spiro atoms. The van der Waals surface area contributed by atoms with Crippen LogP contribution in [0, 0.1) is 0 Å². The SMILES string of the molecule is CCCCCCCCCCCC(=O)O/N=C(\CCl)C(Cl)Cl. The van der Waals surface area contributed by atoms with Gasteiger partial charge in [0.1, 0.15) is 10.5 Å². The van der Waals surface area contributed by atoms with Crippen LogP contribution in [0.3, 0.4) is 0 Å². The Morgan fingerprint density at radius 1 is 1.00 bits per heavy atom. The van der Waals surface area contributed by atoms with Gasteiger partial charge in [-0.05, 0) is 6.42 Å². The Labute approximate surface area is 143 Å². The van der Waals surface area contributed by atoms with Crippen LogP contribution in [0.5, 0.6) is 0 Å². The molecule has 0 aliphatic carbocycles. The van der Waals surface area contributed by atoms with Crippen molar-refractivity contribution in [1.82, 2.24) is 0 Å². The van der Waals surface area contributed by atoms with E-state index in [-0.39, 0.29) is 17.6 Å². The zero-order chi connectivity index (χ0) is 15.9. The standard InChI is InChI=1S/C15H26Cl3NO2/c1-2-3-4-5-6-7-8-9-10-11-14(20)21-19-13(12-16)15(17)18/h15H,2-12H2,1H3/b19-13+. The molecule has 0 fully saturated rings. The number of alkyl halides is 3. The summed E-state index contributed by atoms with van der Waals surface area (Å²) in [6.45, 7) is 2.22. The van der Waals surface area contributed by atoms with Gasteiger partial charge in [0.2, 0.25) is 0 Å². The van der Waals surface area contributed by atoms with E-state index in [0.717, 1.165) is 12.8 Å². The molecule has 0 heterocycles. The summed E-state index contributed by atoms with van der Waals surface area (Å²) >= 11 is 16.7. The number of nitrogens with zero attached hydrogens (tertiary/aromatic N) is 1. The molecule has 0 unspecified atom stereocenters. The van der Waals surface area contributed by atoms with E-state index in [1.165, 1.54) is 44.9 Å². The highest BCUT2D eigenvalue weighted by Crippen LogP contribution is 2.11.